The molecular weight excluding hydrogens is 593 g/mol. The van der Waals surface area contributed by atoms with Gasteiger partial charge in [0.2, 0.25) is 17.8 Å². The number of nitrogens with one attached hydrogen (secondary N) is 2. The third-order valence-electron chi connectivity index (χ3n) is 6.91. The Morgan fingerprint density at radius 1 is 1.11 bits per heavy atom. The molecule has 2 aliphatic rings. The Hall–Kier alpha value is -3.51. The summed E-state index contributed by atoms with van der Waals surface area (Å²) < 4.78 is 2.31. The highest BCUT2D eigenvalue weighted by atomic mass is 127. The maximum atomic E-state index is 13.4. The van der Waals surface area contributed by atoms with E-state index in [9.17, 15) is 9.59 Å². The molecule has 0 aliphatic carbocycles. The number of carbonyl (C=O) groups excluding carboxylic acids is 2. The highest BCUT2D eigenvalue weighted by Crippen LogP contribution is 2.41. The molecule has 1 fully saturated rings. The fourth-order valence-corrected chi connectivity index (χ4v) is 5.15. The SMILES string of the molecule is C=CC(=O)Nc1cccc(CN2C(=O)C(C)(C)c3cnc(Nc4ccc(N5CCN(I)CC5)cc4)nc32)c1. The summed E-state index contributed by atoms with van der Waals surface area (Å²) in [6.07, 6.45) is 2.96. The number of aromatic nitrogens is 2. The van der Waals surface area contributed by atoms with Gasteiger partial charge >= 0.3 is 0 Å². The monoisotopic (exact) mass is 623 g/mol. The minimum atomic E-state index is -0.744. The van der Waals surface area contributed by atoms with Gasteiger partial charge in [-0.15, -0.1) is 0 Å². The van der Waals surface area contributed by atoms with E-state index in [0.717, 1.165) is 43.0 Å². The Labute approximate surface area is 236 Å². The molecule has 2 aromatic carbocycles. The number of carbonyl (C=O) groups is 2. The second-order valence-corrected chi connectivity index (χ2v) is 11.3. The molecule has 2 aliphatic heterocycles. The Morgan fingerprint density at radius 2 is 1.84 bits per heavy atom. The quantitative estimate of drug-likeness (QED) is 0.225. The molecule has 5 rings (SSSR count). The number of anilines is 5. The van der Waals surface area contributed by atoms with Crippen LogP contribution in [0.2, 0.25) is 0 Å². The molecule has 0 unspecified atom stereocenters. The van der Waals surface area contributed by atoms with E-state index in [2.05, 4.69) is 65.2 Å². The first-order chi connectivity index (χ1) is 18.2. The Bertz CT molecular complexity index is 1370. The third kappa shape index (κ3) is 5.37. The molecular formula is C28H30IN7O2. The second-order valence-electron chi connectivity index (χ2n) is 9.91. The summed E-state index contributed by atoms with van der Waals surface area (Å²) in [6, 6.07) is 15.7. The van der Waals surface area contributed by atoms with Crippen molar-refractivity contribution in [3.63, 3.8) is 0 Å². The van der Waals surface area contributed by atoms with Crippen molar-refractivity contribution in [3.8, 4) is 0 Å². The summed E-state index contributed by atoms with van der Waals surface area (Å²) in [5.41, 5.74) is 3.63. The average Bonchev–Trinajstić information content (AvgIpc) is 3.10. The number of fused-ring (bicyclic) bond motifs is 1. The lowest BCUT2D eigenvalue weighted by molar-refractivity contribution is -0.122. The van der Waals surface area contributed by atoms with Crippen molar-refractivity contribution in [2.75, 3.05) is 46.6 Å². The fraction of sp³-hybridized carbons (Fsp3) is 0.286. The van der Waals surface area contributed by atoms with Crippen LogP contribution in [0.4, 0.5) is 28.8 Å². The largest absolute Gasteiger partial charge is 0.369 e. The molecule has 3 heterocycles. The molecule has 0 spiro atoms. The molecule has 2 N–H and O–H groups in total. The molecule has 0 saturated carbocycles. The van der Waals surface area contributed by atoms with Gasteiger partial charge in [0.15, 0.2) is 0 Å². The van der Waals surface area contributed by atoms with Crippen molar-refractivity contribution in [2.24, 2.45) is 0 Å². The number of benzene rings is 2. The smallest absolute Gasteiger partial charge is 0.247 e. The molecule has 0 radical (unpaired) electrons. The van der Waals surface area contributed by atoms with Crippen LogP contribution in [0.3, 0.4) is 0 Å². The first kappa shape index (κ1) is 26.1. The summed E-state index contributed by atoms with van der Waals surface area (Å²) >= 11 is 2.37. The van der Waals surface area contributed by atoms with Crippen LogP contribution in [0.15, 0.2) is 67.4 Å². The van der Waals surface area contributed by atoms with Crippen molar-refractivity contribution in [3.05, 3.63) is 78.5 Å². The van der Waals surface area contributed by atoms with E-state index in [1.54, 1.807) is 17.2 Å². The van der Waals surface area contributed by atoms with Gasteiger partial charge in [-0.05, 0) is 61.9 Å². The topological polar surface area (TPSA) is 93.7 Å². The molecule has 2 amide bonds. The van der Waals surface area contributed by atoms with Crippen molar-refractivity contribution < 1.29 is 9.59 Å². The van der Waals surface area contributed by atoms with Gasteiger partial charge in [-0.1, -0.05) is 18.7 Å². The van der Waals surface area contributed by atoms with Crippen molar-refractivity contribution >= 4 is 63.5 Å². The van der Waals surface area contributed by atoms with Crippen molar-refractivity contribution in [1.29, 1.82) is 0 Å². The van der Waals surface area contributed by atoms with E-state index in [0.29, 0.717) is 24.0 Å². The van der Waals surface area contributed by atoms with E-state index in [4.69, 9.17) is 4.98 Å². The number of nitrogens with zero attached hydrogens (tertiary/aromatic N) is 5. The number of halogens is 1. The van der Waals surface area contributed by atoms with Crippen LogP contribution in [0, 0.1) is 0 Å². The molecule has 1 aromatic heterocycles. The van der Waals surface area contributed by atoms with Gasteiger partial charge in [0, 0.05) is 77.9 Å². The highest BCUT2D eigenvalue weighted by Gasteiger charge is 2.45. The first-order valence-corrected chi connectivity index (χ1v) is 13.5. The lowest BCUT2D eigenvalue weighted by Crippen LogP contribution is -2.42. The fourth-order valence-electron chi connectivity index (χ4n) is 4.72. The summed E-state index contributed by atoms with van der Waals surface area (Å²) in [7, 11) is 0. The van der Waals surface area contributed by atoms with Gasteiger partial charge in [-0.25, -0.2) is 8.10 Å². The maximum absolute atomic E-state index is 13.4. The third-order valence-corrected chi connectivity index (χ3v) is 7.88. The lowest BCUT2D eigenvalue weighted by atomic mass is 9.88. The zero-order chi connectivity index (χ0) is 26.9. The van der Waals surface area contributed by atoms with E-state index in [-0.39, 0.29) is 11.8 Å². The molecule has 196 valence electrons. The molecule has 0 atom stereocenters. The average molecular weight is 623 g/mol. The second kappa shape index (κ2) is 10.7. The van der Waals surface area contributed by atoms with Gasteiger partial charge in [0.1, 0.15) is 5.82 Å². The minimum Gasteiger partial charge on any atom is -0.369 e. The van der Waals surface area contributed by atoms with Crippen molar-refractivity contribution in [2.45, 2.75) is 25.8 Å². The number of amides is 2. The van der Waals surface area contributed by atoms with Gasteiger partial charge < -0.3 is 15.5 Å². The van der Waals surface area contributed by atoms with Crippen LogP contribution < -0.4 is 20.4 Å². The van der Waals surface area contributed by atoms with Crippen LogP contribution in [0.1, 0.15) is 25.0 Å². The molecule has 38 heavy (non-hydrogen) atoms. The predicted molar refractivity (Wildman–Crippen MR) is 159 cm³/mol. The van der Waals surface area contributed by atoms with E-state index < -0.39 is 5.41 Å². The lowest BCUT2D eigenvalue weighted by Gasteiger charge is -2.33. The van der Waals surface area contributed by atoms with E-state index >= 15 is 0 Å². The van der Waals surface area contributed by atoms with Crippen LogP contribution >= 0.6 is 22.9 Å². The standard InChI is InChI=1S/C28H30IN7O2/c1-4-24(37)31-21-7-5-6-19(16-21)18-36-25-23(28(2,3)26(36)38)17-30-27(33-25)32-20-8-10-22(11-9-20)34-12-14-35(29)15-13-34/h4-11,16-17H,1,12-15,18H2,2-3H3,(H,31,37)(H,30,32,33). The maximum Gasteiger partial charge on any atom is 0.247 e. The zero-order valence-corrected chi connectivity index (χ0v) is 23.6. The minimum absolute atomic E-state index is 0.0459. The van der Waals surface area contributed by atoms with E-state index in [1.807, 2.05) is 44.2 Å². The van der Waals surface area contributed by atoms with Crippen LogP contribution in [0.5, 0.6) is 0 Å². The predicted octanol–water partition coefficient (Wildman–Crippen LogP) is 4.64. The summed E-state index contributed by atoms with van der Waals surface area (Å²) in [5.74, 6) is 0.685. The molecule has 3 aromatic rings. The van der Waals surface area contributed by atoms with Gasteiger partial charge in [-0.3, -0.25) is 14.5 Å². The number of piperazine rings is 1. The van der Waals surface area contributed by atoms with E-state index in [1.165, 1.54) is 11.8 Å². The molecule has 0 bridgehead atoms. The Balaban J connectivity index is 1.35. The molecule has 9 nitrogen and oxygen atoms in total. The van der Waals surface area contributed by atoms with Gasteiger partial charge in [0.05, 0.1) is 12.0 Å². The van der Waals surface area contributed by atoms with Crippen LogP contribution in [-0.4, -0.2) is 51.1 Å². The van der Waals surface area contributed by atoms with Gasteiger partial charge in [0.25, 0.3) is 0 Å². The normalized spacial score (nSPS) is 16.8. The number of hydrogen-bond donors (Lipinski definition) is 2. The Kier molecular flexibility index (Phi) is 7.35. The zero-order valence-electron chi connectivity index (χ0n) is 21.4. The van der Waals surface area contributed by atoms with Crippen molar-refractivity contribution in [1.82, 2.24) is 13.1 Å². The molecule has 1 saturated heterocycles. The van der Waals surface area contributed by atoms with Crippen LogP contribution in [-0.2, 0) is 21.5 Å². The summed E-state index contributed by atoms with van der Waals surface area (Å²) in [4.78, 5) is 38.5. The summed E-state index contributed by atoms with van der Waals surface area (Å²) in [5, 5.41) is 6.05. The highest BCUT2D eigenvalue weighted by molar-refractivity contribution is 14.1. The Morgan fingerprint density at radius 3 is 2.55 bits per heavy atom. The van der Waals surface area contributed by atoms with Gasteiger partial charge in [-0.2, -0.15) is 4.98 Å². The number of hydrogen-bond acceptors (Lipinski definition) is 7. The summed E-state index contributed by atoms with van der Waals surface area (Å²) in [6.45, 7) is 11.7. The van der Waals surface area contributed by atoms with Crippen LogP contribution in [0.25, 0.3) is 0 Å². The first-order valence-electron chi connectivity index (χ1n) is 12.5. The number of rotatable bonds is 7. The molecule has 10 heteroatoms.